The zero-order valence-electron chi connectivity index (χ0n) is 17.8. The van der Waals surface area contributed by atoms with E-state index < -0.39 is 0 Å². The van der Waals surface area contributed by atoms with E-state index in [0.29, 0.717) is 6.54 Å². The van der Waals surface area contributed by atoms with E-state index in [2.05, 4.69) is 85.0 Å². The minimum absolute atomic E-state index is 0.0947. The van der Waals surface area contributed by atoms with Crippen LogP contribution >= 0.6 is 0 Å². The summed E-state index contributed by atoms with van der Waals surface area (Å²) in [6.45, 7) is 7.86. The van der Waals surface area contributed by atoms with Crippen molar-refractivity contribution in [1.82, 2.24) is 9.47 Å². The molecule has 3 nitrogen and oxygen atoms in total. The van der Waals surface area contributed by atoms with Crippen LogP contribution < -0.4 is 0 Å². The van der Waals surface area contributed by atoms with Crippen molar-refractivity contribution in [2.75, 3.05) is 0 Å². The van der Waals surface area contributed by atoms with Crippen molar-refractivity contribution in [1.29, 1.82) is 0 Å². The quantitative estimate of drug-likeness (QED) is 0.451. The molecule has 1 aromatic heterocycles. The highest BCUT2D eigenvalue weighted by atomic mass is 16.2. The Morgan fingerprint density at radius 1 is 0.897 bits per heavy atom. The average Bonchev–Trinajstić information content (AvgIpc) is 3.20. The highest BCUT2D eigenvalue weighted by Crippen LogP contribution is 2.25. The summed E-state index contributed by atoms with van der Waals surface area (Å²) in [5, 5.41) is 0. The monoisotopic (exact) mass is 388 g/mol. The van der Waals surface area contributed by atoms with E-state index in [1.807, 2.05) is 24.3 Å². The first-order chi connectivity index (χ1) is 14.1. The van der Waals surface area contributed by atoms with Gasteiger partial charge < -0.3 is 9.47 Å². The highest BCUT2D eigenvalue weighted by molar-refractivity contribution is 5.84. The first kappa shape index (κ1) is 20.9. The van der Waals surface area contributed by atoms with Crippen LogP contribution in [0.2, 0.25) is 0 Å². The van der Waals surface area contributed by atoms with Gasteiger partial charge in [-0.3, -0.25) is 4.79 Å². The normalized spacial score (nSPS) is 13.1. The molecule has 0 saturated carbocycles. The molecule has 0 saturated heterocycles. The van der Waals surface area contributed by atoms with E-state index >= 15 is 0 Å². The number of amides is 1. The van der Waals surface area contributed by atoms with Gasteiger partial charge in [0.2, 0.25) is 5.91 Å². The smallest absolute Gasteiger partial charge is 0.230 e. The zero-order chi connectivity index (χ0) is 20.6. The molecule has 0 aliphatic carbocycles. The van der Waals surface area contributed by atoms with Gasteiger partial charge in [0.05, 0.1) is 12.5 Å². The molecule has 1 amide bonds. The summed E-state index contributed by atoms with van der Waals surface area (Å²) in [5.74, 6) is 0.128. The molecule has 0 aliphatic rings. The third-order valence-corrected chi connectivity index (χ3v) is 5.77. The molecule has 0 aliphatic heterocycles. The standard InChI is InChI=1S/C26H32N2O/c1-4-21(3)28(26(29)25(5-2)23-15-10-7-11-16-23)20-24-17-12-18-27(24)19-22-13-8-6-9-14-22/h6-18,21,25H,4-5,19-20H2,1-3H3/t21-,25-/m1/s1. The predicted molar refractivity (Wildman–Crippen MR) is 120 cm³/mol. The molecule has 0 bridgehead atoms. The third-order valence-electron chi connectivity index (χ3n) is 5.77. The second-order valence-corrected chi connectivity index (χ2v) is 7.71. The van der Waals surface area contributed by atoms with Crippen molar-refractivity contribution >= 4 is 5.91 Å². The lowest BCUT2D eigenvalue weighted by molar-refractivity contribution is -0.135. The van der Waals surface area contributed by atoms with Gasteiger partial charge in [0.25, 0.3) is 0 Å². The second kappa shape index (κ2) is 10.1. The van der Waals surface area contributed by atoms with Gasteiger partial charge in [-0.15, -0.1) is 0 Å². The molecule has 2 atom stereocenters. The zero-order valence-corrected chi connectivity index (χ0v) is 17.8. The Hall–Kier alpha value is -2.81. The van der Waals surface area contributed by atoms with Crippen LogP contribution in [-0.4, -0.2) is 21.4 Å². The molecule has 0 radical (unpaired) electrons. The Bertz CT molecular complexity index is 885. The largest absolute Gasteiger partial charge is 0.345 e. The molecule has 0 N–H and O–H groups in total. The lowest BCUT2D eigenvalue weighted by atomic mass is 9.94. The highest BCUT2D eigenvalue weighted by Gasteiger charge is 2.27. The molecule has 0 unspecified atom stereocenters. The first-order valence-electron chi connectivity index (χ1n) is 10.7. The number of carbonyl (C=O) groups excluding carboxylic acids is 1. The summed E-state index contributed by atoms with van der Waals surface area (Å²) in [5.41, 5.74) is 3.54. The summed E-state index contributed by atoms with van der Waals surface area (Å²) in [7, 11) is 0. The SMILES string of the molecule is CC[C@@H](C)N(Cc1cccn1Cc1ccccc1)C(=O)[C@H](CC)c1ccccc1. The van der Waals surface area contributed by atoms with Crippen molar-refractivity contribution in [3.8, 4) is 0 Å². The Kier molecular flexibility index (Phi) is 7.29. The molecular formula is C26H32N2O. The molecule has 0 fully saturated rings. The van der Waals surface area contributed by atoms with Crippen molar-refractivity contribution in [2.24, 2.45) is 0 Å². The van der Waals surface area contributed by atoms with Crippen LogP contribution in [0.15, 0.2) is 79.0 Å². The molecule has 152 valence electrons. The van der Waals surface area contributed by atoms with Gasteiger partial charge in [0.15, 0.2) is 0 Å². The number of hydrogen-bond acceptors (Lipinski definition) is 1. The van der Waals surface area contributed by atoms with Gasteiger partial charge in [-0.2, -0.15) is 0 Å². The summed E-state index contributed by atoms with van der Waals surface area (Å²) in [6, 6.07) is 25.0. The number of hydrogen-bond donors (Lipinski definition) is 0. The first-order valence-corrected chi connectivity index (χ1v) is 10.7. The number of nitrogens with zero attached hydrogens (tertiary/aromatic N) is 2. The molecule has 3 rings (SSSR count). The predicted octanol–water partition coefficient (Wildman–Crippen LogP) is 5.86. The summed E-state index contributed by atoms with van der Waals surface area (Å²) in [6.07, 6.45) is 3.85. The van der Waals surface area contributed by atoms with Crippen LogP contribution in [0.4, 0.5) is 0 Å². The van der Waals surface area contributed by atoms with Gasteiger partial charge in [0, 0.05) is 24.5 Å². The Morgan fingerprint density at radius 2 is 1.55 bits per heavy atom. The van der Waals surface area contributed by atoms with E-state index in [0.717, 1.165) is 24.9 Å². The fourth-order valence-electron chi connectivity index (χ4n) is 3.81. The number of aromatic nitrogens is 1. The topological polar surface area (TPSA) is 25.2 Å². The van der Waals surface area contributed by atoms with Gasteiger partial charge in [-0.05, 0) is 43.0 Å². The molecule has 2 aromatic carbocycles. The van der Waals surface area contributed by atoms with E-state index in [1.165, 1.54) is 11.3 Å². The number of rotatable bonds is 9. The van der Waals surface area contributed by atoms with Crippen LogP contribution in [0.5, 0.6) is 0 Å². The maximum atomic E-state index is 13.6. The van der Waals surface area contributed by atoms with E-state index in [-0.39, 0.29) is 17.9 Å². The molecule has 3 aromatic rings. The van der Waals surface area contributed by atoms with Gasteiger partial charge >= 0.3 is 0 Å². The van der Waals surface area contributed by atoms with Crippen LogP contribution in [0.25, 0.3) is 0 Å². The molecule has 3 heteroatoms. The van der Waals surface area contributed by atoms with E-state index in [4.69, 9.17) is 0 Å². The van der Waals surface area contributed by atoms with Gasteiger partial charge in [-0.25, -0.2) is 0 Å². The van der Waals surface area contributed by atoms with Crippen molar-refractivity contribution in [3.05, 3.63) is 95.8 Å². The molecule has 29 heavy (non-hydrogen) atoms. The van der Waals surface area contributed by atoms with Crippen molar-refractivity contribution < 1.29 is 4.79 Å². The molecule has 1 heterocycles. The van der Waals surface area contributed by atoms with Gasteiger partial charge in [-0.1, -0.05) is 74.5 Å². The Labute approximate surface area is 175 Å². The fraction of sp³-hybridized carbons (Fsp3) is 0.346. The lowest BCUT2D eigenvalue weighted by Gasteiger charge is -2.32. The summed E-state index contributed by atoms with van der Waals surface area (Å²) in [4.78, 5) is 15.7. The summed E-state index contributed by atoms with van der Waals surface area (Å²) >= 11 is 0. The van der Waals surface area contributed by atoms with E-state index in [1.54, 1.807) is 0 Å². The average molecular weight is 389 g/mol. The minimum atomic E-state index is -0.0947. The molecule has 0 spiro atoms. The maximum Gasteiger partial charge on any atom is 0.230 e. The molecular weight excluding hydrogens is 356 g/mol. The third kappa shape index (κ3) is 5.17. The Balaban J connectivity index is 1.83. The lowest BCUT2D eigenvalue weighted by Crippen LogP contribution is -2.41. The minimum Gasteiger partial charge on any atom is -0.345 e. The van der Waals surface area contributed by atoms with Crippen LogP contribution in [0, 0.1) is 0 Å². The second-order valence-electron chi connectivity index (χ2n) is 7.71. The summed E-state index contributed by atoms with van der Waals surface area (Å²) < 4.78 is 2.25. The number of carbonyl (C=O) groups is 1. The van der Waals surface area contributed by atoms with E-state index in [9.17, 15) is 4.79 Å². The van der Waals surface area contributed by atoms with Crippen molar-refractivity contribution in [2.45, 2.75) is 58.7 Å². The fourth-order valence-corrected chi connectivity index (χ4v) is 3.81. The van der Waals surface area contributed by atoms with Crippen LogP contribution in [0.3, 0.4) is 0 Å². The Morgan fingerprint density at radius 3 is 2.17 bits per heavy atom. The van der Waals surface area contributed by atoms with Gasteiger partial charge in [0.1, 0.15) is 0 Å². The van der Waals surface area contributed by atoms with Crippen molar-refractivity contribution in [3.63, 3.8) is 0 Å². The number of benzene rings is 2. The van der Waals surface area contributed by atoms with Crippen LogP contribution in [-0.2, 0) is 17.9 Å². The van der Waals surface area contributed by atoms with Crippen LogP contribution in [0.1, 0.15) is 56.4 Å². The maximum absolute atomic E-state index is 13.6.